The van der Waals surface area contributed by atoms with Gasteiger partial charge in [0.2, 0.25) is 0 Å². The molecular weight excluding hydrogens is 266 g/mol. The van der Waals surface area contributed by atoms with Gasteiger partial charge in [0.25, 0.3) is 0 Å². The summed E-state index contributed by atoms with van der Waals surface area (Å²) in [5.74, 6) is -1.88. The standard InChI is InChI=1S/C14H12F2N2O2/c15-10-1-3-11(4-2-10)17-8-18-12-5-9(7-19)14(20)13(16)6-12/h1-7,17-18,20H,8H2. The van der Waals surface area contributed by atoms with Crippen molar-refractivity contribution in [2.75, 3.05) is 17.3 Å². The fourth-order valence-electron chi connectivity index (χ4n) is 1.63. The van der Waals surface area contributed by atoms with Crippen molar-refractivity contribution in [2.24, 2.45) is 0 Å². The summed E-state index contributed by atoms with van der Waals surface area (Å²) in [5.41, 5.74) is 0.903. The third kappa shape index (κ3) is 3.23. The molecule has 0 bridgehead atoms. The number of carbonyl (C=O) groups excluding carboxylic acids is 1. The van der Waals surface area contributed by atoms with Crippen LogP contribution in [0.1, 0.15) is 10.4 Å². The molecule has 0 fully saturated rings. The van der Waals surface area contributed by atoms with Crippen molar-refractivity contribution < 1.29 is 18.7 Å². The summed E-state index contributed by atoms with van der Waals surface area (Å²) in [6, 6.07) is 8.16. The zero-order chi connectivity index (χ0) is 14.5. The summed E-state index contributed by atoms with van der Waals surface area (Å²) in [5, 5.41) is 15.0. The van der Waals surface area contributed by atoms with Crippen LogP contribution in [0.3, 0.4) is 0 Å². The van der Waals surface area contributed by atoms with Crippen LogP contribution in [0.2, 0.25) is 0 Å². The van der Waals surface area contributed by atoms with Gasteiger partial charge in [-0.3, -0.25) is 4.79 Å². The minimum absolute atomic E-state index is 0.130. The Balaban J connectivity index is 1.99. The van der Waals surface area contributed by atoms with Crippen LogP contribution >= 0.6 is 0 Å². The number of halogens is 2. The summed E-state index contributed by atoms with van der Waals surface area (Å²) in [4.78, 5) is 10.7. The average molecular weight is 278 g/mol. The third-order valence-electron chi connectivity index (χ3n) is 2.65. The fourth-order valence-corrected chi connectivity index (χ4v) is 1.63. The highest BCUT2D eigenvalue weighted by Gasteiger charge is 2.08. The Bertz CT molecular complexity index is 615. The van der Waals surface area contributed by atoms with Crippen LogP contribution < -0.4 is 10.6 Å². The number of nitrogens with one attached hydrogen (secondary N) is 2. The van der Waals surface area contributed by atoms with Gasteiger partial charge < -0.3 is 15.7 Å². The number of phenols is 1. The van der Waals surface area contributed by atoms with Crippen LogP contribution in [0, 0.1) is 11.6 Å². The number of rotatable bonds is 5. The molecule has 2 aromatic carbocycles. The Morgan fingerprint density at radius 2 is 1.70 bits per heavy atom. The normalized spacial score (nSPS) is 10.1. The van der Waals surface area contributed by atoms with E-state index in [1.54, 1.807) is 12.1 Å². The van der Waals surface area contributed by atoms with E-state index in [1.165, 1.54) is 18.2 Å². The molecule has 0 atom stereocenters. The Morgan fingerprint density at radius 3 is 2.35 bits per heavy atom. The molecule has 2 rings (SSSR count). The highest BCUT2D eigenvalue weighted by Crippen LogP contribution is 2.24. The molecule has 0 saturated carbocycles. The maximum atomic E-state index is 13.3. The van der Waals surface area contributed by atoms with E-state index in [1.807, 2.05) is 0 Å². The van der Waals surface area contributed by atoms with Crippen molar-refractivity contribution in [3.05, 3.63) is 53.6 Å². The first-order valence-electron chi connectivity index (χ1n) is 5.81. The predicted molar refractivity (Wildman–Crippen MR) is 72.0 cm³/mol. The van der Waals surface area contributed by atoms with Gasteiger partial charge in [0.05, 0.1) is 12.2 Å². The lowest BCUT2D eigenvalue weighted by atomic mass is 10.2. The topological polar surface area (TPSA) is 61.4 Å². The summed E-state index contributed by atoms with van der Waals surface area (Å²) in [6.07, 6.45) is 0.372. The van der Waals surface area contributed by atoms with E-state index in [9.17, 15) is 18.7 Å². The molecule has 0 aromatic heterocycles. The molecule has 6 heteroatoms. The van der Waals surface area contributed by atoms with E-state index in [2.05, 4.69) is 10.6 Å². The van der Waals surface area contributed by atoms with Gasteiger partial charge >= 0.3 is 0 Å². The molecule has 0 saturated heterocycles. The van der Waals surface area contributed by atoms with Crippen LogP contribution in [0.15, 0.2) is 36.4 Å². The monoisotopic (exact) mass is 278 g/mol. The van der Waals surface area contributed by atoms with Crippen LogP contribution in [0.5, 0.6) is 5.75 Å². The summed E-state index contributed by atoms with van der Waals surface area (Å²) in [6.45, 7) is 0.244. The molecule has 2 aromatic rings. The van der Waals surface area contributed by atoms with Crippen molar-refractivity contribution in [3.63, 3.8) is 0 Å². The summed E-state index contributed by atoms with van der Waals surface area (Å²) in [7, 11) is 0. The highest BCUT2D eigenvalue weighted by atomic mass is 19.1. The van der Waals surface area contributed by atoms with Crippen LogP contribution in [0.4, 0.5) is 20.2 Å². The number of hydrogen-bond donors (Lipinski definition) is 3. The molecule has 0 spiro atoms. The van der Waals surface area contributed by atoms with Crippen LogP contribution in [-0.2, 0) is 0 Å². The third-order valence-corrected chi connectivity index (χ3v) is 2.65. The zero-order valence-corrected chi connectivity index (χ0v) is 10.4. The predicted octanol–water partition coefficient (Wildman–Crippen LogP) is 2.96. The van der Waals surface area contributed by atoms with Crippen molar-refractivity contribution in [3.8, 4) is 5.75 Å². The second-order valence-electron chi connectivity index (χ2n) is 4.05. The number of aromatic hydroxyl groups is 1. The van der Waals surface area contributed by atoms with Crippen molar-refractivity contribution in [1.82, 2.24) is 0 Å². The Labute approximate surface area is 114 Å². The van der Waals surface area contributed by atoms with Gasteiger partial charge in [-0.1, -0.05) is 0 Å². The number of anilines is 2. The maximum absolute atomic E-state index is 13.3. The number of phenolic OH excluding ortho intramolecular Hbond substituents is 1. The number of carbonyl (C=O) groups is 1. The quantitative estimate of drug-likeness (QED) is 0.447. The lowest BCUT2D eigenvalue weighted by molar-refractivity contribution is 0.112. The smallest absolute Gasteiger partial charge is 0.167 e. The number of hydrogen-bond acceptors (Lipinski definition) is 4. The summed E-state index contributed by atoms with van der Waals surface area (Å²) < 4.78 is 26.0. The van der Waals surface area contributed by atoms with E-state index in [0.29, 0.717) is 17.7 Å². The molecule has 0 heterocycles. The molecule has 104 valence electrons. The molecule has 3 N–H and O–H groups in total. The first-order chi connectivity index (χ1) is 9.60. The minimum Gasteiger partial charge on any atom is -0.504 e. The first-order valence-corrected chi connectivity index (χ1v) is 5.81. The molecule has 0 radical (unpaired) electrons. The SMILES string of the molecule is O=Cc1cc(NCNc2ccc(F)cc2)cc(F)c1O. The Kier molecular flexibility index (Phi) is 4.14. The molecule has 0 amide bonds. The van der Waals surface area contributed by atoms with Gasteiger partial charge in [-0.2, -0.15) is 0 Å². The lowest BCUT2D eigenvalue weighted by Crippen LogP contribution is -2.12. The average Bonchev–Trinajstić information content (AvgIpc) is 2.44. The van der Waals surface area contributed by atoms with Crippen LogP contribution in [0.25, 0.3) is 0 Å². The lowest BCUT2D eigenvalue weighted by Gasteiger charge is -2.10. The van der Waals surface area contributed by atoms with Crippen LogP contribution in [-0.4, -0.2) is 18.1 Å². The van der Waals surface area contributed by atoms with E-state index < -0.39 is 11.6 Å². The highest BCUT2D eigenvalue weighted by molar-refractivity contribution is 5.81. The molecule has 0 unspecified atom stereocenters. The van der Waals surface area contributed by atoms with E-state index >= 15 is 0 Å². The Morgan fingerprint density at radius 1 is 1.05 bits per heavy atom. The maximum Gasteiger partial charge on any atom is 0.167 e. The van der Waals surface area contributed by atoms with Crippen molar-refractivity contribution in [2.45, 2.75) is 0 Å². The van der Waals surface area contributed by atoms with E-state index in [0.717, 1.165) is 6.07 Å². The fraction of sp³-hybridized carbons (Fsp3) is 0.0714. The number of benzene rings is 2. The van der Waals surface area contributed by atoms with Gasteiger partial charge in [0.15, 0.2) is 17.9 Å². The largest absolute Gasteiger partial charge is 0.504 e. The van der Waals surface area contributed by atoms with Crippen molar-refractivity contribution in [1.29, 1.82) is 0 Å². The molecule has 20 heavy (non-hydrogen) atoms. The first kappa shape index (κ1) is 13.8. The zero-order valence-electron chi connectivity index (χ0n) is 10.4. The molecule has 0 aliphatic carbocycles. The second-order valence-corrected chi connectivity index (χ2v) is 4.05. The molecule has 4 nitrogen and oxygen atoms in total. The second kappa shape index (κ2) is 6.01. The van der Waals surface area contributed by atoms with Gasteiger partial charge in [0, 0.05) is 17.4 Å². The number of aldehydes is 1. The molecule has 0 aliphatic heterocycles. The van der Waals surface area contributed by atoms with Crippen molar-refractivity contribution >= 4 is 17.7 Å². The molecular formula is C14H12F2N2O2. The van der Waals surface area contributed by atoms with E-state index in [-0.39, 0.29) is 18.0 Å². The van der Waals surface area contributed by atoms with Gasteiger partial charge in [-0.25, -0.2) is 8.78 Å². The molecule has 0 aliphatic rings. The summed E-state index contributed by atoms with van der Waals surface area (Å²) >= 11 is 0. The van der Waals surface area contributed by atoms with Gasteiger partial charge in [0.1, 0.15) is 5.82 Å². The Hall–Kier alpha value is -2.63. The minimum atomic E-state index is -0.876. The van der Waals surface area contributed by atoms with Gasteiger partial charge in [-0.05, 0) is 30.3 Å². The van der Waals surface area contributed by atoms with E-state index in [4.69, 9.17) is 0 Å². The van der Waals surface area contributed by atoms with Gasteiger partial charge in [-0.15, -0.1) is 0 Å².